The summed E-state index contributed by atoms with van der Waals surface area (Å²) < 4.78 is 1.56. The van der Waals surface area contributed by atoms with Gasteiger partial charge in [-0.05, 0) is 66.6 Å². The summed E-state index contributed by atoms with van der Waals surface area (Å²) >= 11 is 0. The molecule has 0 radical (unpaired) electrons. The van der Waals surface area contributed by atoms with Crippen LogP contribution in [0.25, 0.3) is 5.69 Å². The van der Waals surface area contributed by atoms with Crippen LogP contribution in [0.5, 0.6) is 0 Å². The van der Waals surface area contributed by atoms with Crippen molar-refractivity contribution in [1.82, 2.24) is 25.5 Å². The zero-order valence-corrected chi connectivity index (χ0v) is 13.5. The zero-order valence-electron chi connectivity index (χ0n) is 13.5. The predicted molar refractivity (Wildman–Crippen MR) is 87.5 cm³/mol. The molecule has 1 heterocycles. The monoisotopic (exact) mass is 314 g/mol. The van der Waals surface area contributed by atoms with Gasteiger partial charge < -0.3 is 10.6 Å². The van der Waals surface area contributed by atoms with Crippen LogP contribution in [-0.2, 0) is 0 Å². The third-order valence-corrected chi connectivity index (χ3v) is 4.43. The molecular formula is C16H22N6O. The van der Waals surface area contributed by atoms with Crippen LogP contribution in [0.15, 0.2) is 24.5 Å². The molecule has 122 valence electrons. The van der Waals surface area contributed by atoms with Crippen LogP contribution >= 0.6 is 0 Å². The number of rotatable bonds is 3. The molecule has 1 aromatic heterocycles. The molecule has 7 nitrogen and oxygen atoms in total. The van der Waals surface area contributed by atoms with Gasteiger partial charge in [-0.3, -0.25) is 0 Å². The Hall–Kier alpha value is -2.44. The second-order valence-corrected chi connectivity index (χ2v) is 6.31. The van der Waals surface area contributed by atoms with Crippen LogP contribution in [-0.4, -0.2) is 32.3 Å². The highest BCUT2D eigenvalue weighted by atomic mass is 16.2. The van der Waals surface area contributed by atoms with E-state index in [4.69, 9.17) is 0 Å². The quantitative estimate of drug-likeness (QED) is 0.912. The number of benzene rings is 1. The molecule has 1 aromatic carbocycles. The van der Waals surface area contributed by atoms with Crippen molar-refractivity contribution in [2.45, 2.75) is 45.6 Å². The summed E-state index contributed by atoms with van der Waals surface area (Å²) in [5.74, 6) is 0.770. The number of aryl methyl sites for hydroxylation is 1. The van der Waals surface area contributed by atoms with Crippen LogP contribution in [0, 0.1) is 12.8 Å². The molecule has 0 atom stereocenters. The highest BCUT2D eigenvalue weighted by Crippen LogP contribution is 2.24. The number of hydrogen-bond acceptors (Lipinski definition) is 4. The maximum atomic E-state index is 12.2. The molecule has 1 saturated carbocycles. The lowest BCUT2D eigenvalue weighted by molar-refractivity contribution is 0.239. The predicted octanol–water partition coefficient (Wildman–Crippen LogP) is 2.67. The standard InChI is InChI=1S/C16H22N6O/c1-11-3-6-13(7-4-11)18-16(23)19-15-9-14(8-5-12(15)2)22-10-17-20-21-22/h5,8-11,13H,3-4,6-7H2,1-2H3,(H2,18,19,23). The van der Waals surface area contributed by atoms with E-state index in [1.54, 1.807) is 4.68 Å². The van der Waals surface area contributed by atoms with E-state index < -0.39 is 0 Å². The molecule has 1 aliphatic rings. The Morgan fingerprint density at radius 1 is 1.26 bits per heavy atom. The average Bonchev–Trinajstić information content (AvgIpc) is 3.06. The van der Waals surface area contributed by atoms with Gasteiger partial charge in [0.25, 0.3) is 0 Å². The van der Waals surface area contributed by atoms with E-state index >= 15 is 0 Å². The van der Waals surface area contributed by atoms with E-state index in [0.717, 1.165) is 35.7 Å². The molecule has 2 amide bonds. The van der Waals surface area contributed by atoms with Gasteiger partial charge in [0, 0.05) is 11.7 Å². The lowest BCUT2D eigenvalue weighted by Crippen LogP contribution is -2.40. The minimum absolute atomic E-state index is 0.151. The van der Waals surface area contributed by atoms with Crippen molar-refractivity contribution in [3.05, 3.63) is 30.1 Å². The SMILES string of the molecule is Cc1ccc(-n2cnnn2)cc1NC(=O)NC1CCC(C)CC1. The third-order valence-electron chi connectivity index (χ3n) is 4.43. The van der Waals surface area contributed by atoms with E-state index in [0.29, 0.717) is 0 Å². The summed E-state index contributed by atoms with van der Waals surface area (Å²) in [6.07, 6.45) is 5.99. The van der Waals surface area contributed by atoms with Crippen molar-refractivity contribution in [3.8, 4) is 5.69 Å². The molecule has 2 N–H and O–H groups in total. The molecule has 2 aromatic rings. The smallest absolute Gasteiger partial charge is 0.319 e. The fourth-order valence-corrected chi connectivity index (χ4v) is 2.91. The van der Waals surface area contributed by atoms with Gasteiger partial charge in [-0.1, -0.05) is 13.0 Å². The molecule has 1 fully saturated rings. The van der Waals surface area contributed by atoms with Crippen LogP contribution in [0.3, 0.4) is 0 Å². The van der Waals surface area contributed by atoms with Gasteiger partial charge in [0.2, 0.25) is 0 Å². The number of tetrazole rings is 1. The maximum absolute atomic E-state index is 12.2. The number of aromatic nitrogens is 4. The number of hydrogen-bond donors (Lipinski definition) is 2. The normalized spacial score (nSPS) is 21.0. The largest absolute Gasteiger partial charge is 0.335 e. The van der Waals surface area contributed by atoms with E-state index in [9.17, 15) is 4.79 Å². The number of nitrogens with zero attached hydrogens (tertiary/aromatic N) is 4. The Labute approximate surface area is 135 Å². The van der Waals surface area contributed by atoms with Gasteiger partial charge in [-0.15, -0.1) is 5.10 Å². The Bertz CT molecular complexity index is 661. The minimum atomic E-state index is -0.151. The third kappa shape index (κ3) is 3.85. The molecule has 0 bridgehead atoms. The van der Waals surface area contributed by atoms with Crippen molar-refractivity contribution in [2.75, 3.05) is 5.32 Å². The number of carbonyl (C=O) groups is 1. The second kappa shape index (κ2) is 6.76. The Morgan fingerprint density at radius 3 is 2.74 bits per heavy atom. The summed E-state index contributed by atoms with van der Waals surface area (Å²) in [6, 6.07) is 5.84. The van der Waals surface area contributed by atoms with Gasteiger partial charge in [0.15, 0.2) is 0 Å². The summed E-state index contributed by atoms with van der Waals surface area (Å²) in [7, 11) is 0. The van der Waals surface area contributed by atoms with Crippen LogP contribution in [0.1, 0.15) is 38.2 Å². The highest BCUT2D eigenvalue weighted by molar-refractivity contribution is 5.90. The van der Waals surface area contributed by atoms with Crippen LogP contribution in [0.2, 0.25) is 0 Å². The maximum Gasteiger partial charge on any atom is 0.319 e. The number of urea groups is 1. The van der Waals surface area contributed by atoms with Gasteiger partial charge in [0.1, 0.15) is 6.33 Å². The fourth-order valence-electron chi connectivity index (χ4n) is 2.91. The first-order valence-corrected chi connectivity index (χ1v) is 8.03. The van der Waals surface area contributed by atoms with Gasteiger partial charge >= 0.3 is 6.03 Å². The molecule has 0 spiro atoms. The molecule has 0 unspecified atom stereocenters. The van der Waals surface area contributed by atoms with E-state index in [2.05, 4.69) is 33.1 Å². The number of anilines is 1. The van der Waals surface area contributed by atoms with Gasteiger partial charge in [0.05, 0.1) is 5.69 Å². The summed E-state index contributed by atoms with van der Waals surface area (Å²) in [6.45, 7) is 4.23. The average molecular weight is 314 g/mol. The topological polar surface area (TPSA) is 84.7 Å². The molecule has 0 aliphatic heterocycles. The first-order valence-electron chi connectivity index (χ1n) is 8.03. The van der Waals surface area contributed by atoms with Crippen molar-refractivity contribution < 1.29 is 4.79 Å². The summed E-state index contributed by atoms with van der Waals surface area (Å²) in [5, 5.41) is 17.1. The molecule has 3 rings (SSSR count). The van der Waals surface area contributed by atoms with Gasteiger partial charge in [-0.25, -0.2) is 9.48 Å². The van der Waals surface area contributed by atoms with E-state index in [-0.39, 0.29) is 12.1 Å². The molecule has 7 heteroatoms. The lowest BCUT2D eigenvalue weighted by atomic mass is 9.87. The summed E-state index contributed by atoms with van der Waals surface area (Å²) in [5.41, 5.74) is 2.57. The Kier molecular flexibility index (Phi) is 4.55. The van der Waals surface area contributed by atoms with Gasteiger partial charge in [-0.2, -0.15) is 0 Å². The second-order valence-electron chi connectivity index (χ2n) is 6.31. The van der Waals surface area contributed by atoms with Crippen molar-refractivity contribution >= 4 is 11.7 Å². The van der Waals surface area contributed by atoms with Crippen molar-refractivity contribution in [3.63, 3.8) is 0 Å². The Balaban J connectivity index is 1.65. The number of nitrogens with one attached hydrogen (secondary N) is 2. The van der Waals surface area contributed by atoms with Crippen LogP contribution < -0.4 is 10.6 Å². The Morgan fingerprint density at radius 2 is 2.04 bits per heavy atom. The molecular weight excluding hydrogens is 292 g/mol. The number of carbonyl (C=O) groups excluding carboxylic acids is 1. The zero-order chi connectivity index (χ0) is 16.2. The van der Waals surface area contributed by atoms with Crippen molar-refractivity contribution in [1.29, 1.82) is 0 Å². The van der Waals surface area contributed by atoms with E-state index in [1.165, 1.54) is 19.2 Å². The summed E-state index contributed by atoms with van der Waals surface area (Å²) in [4.78, 5) is 12.2. The molecule has 0 saturated heterocycles. The number of amides is 2. The minimum Gasteiger partial charge on any atom is -0.335 e. The highest BCUT2D eigenvalue weighted by Gasteiger charge is 2.20. The van der Waals surface area contributed by atoms with Crippen LogP contribution in [0.4, 0.5) is 10.5 Å². The molecule has 23 heavy (non-hydrogen) atoms. The first-order chi connectivity index (χ1) is 11.1. The van der Waals surface area contributed by atoms with E-state index in [1.807, 2.05) is 25.1 Å². The fraction of sp³-hybridized carbons (Fsp3) is 0.500. The molecule has 1 aliphatic carbocycles. The first kappa shape index (κ1) is 15.5. The lowest BCUT2D eigenvalue weighted by Gasteiger charge is -2.27. The van der Waals surface area contributed by atoms with Crippen molar-refractivity contribution in [2.24, 2.45) is 5.92 Å².